The number of rotatable bonds is 7. The molecule has 1 saturated heterocycles. The molecule has 0 unspecified atom stereocenters. The molecular formula is C29H27N3O7S. The molecule has 0 amide bonds. The van der Waals surface area contributed by atoms with Gasteiger partial charge in [-0.05, 0) is 48.9 Å². The van der Waals surface area contributed by atoms with E-state index in [1.807, 2.05) is 23.1 Å². The Morgan fingerprint density at radius 2 is 1.62 bits per heavy atom. The number of hydrogen-bond acceptors (Lipinski definition) is 9. The highest BCUT2D eigenvalue weighted by atomic mass is 32.2. The van der Waals surface area contributed by atoms with Crippen molar-refractivity contribution in [2.24, 2.45) is 5.92 Å². The molecule has 0 saturated carbocycles. The van der Waals surface area contributed by atoms with Crippen LogP contribution >= 0.6 is 0 Å². The van der Waals surface area contributed by atoms with Gasteiger partial charge in [-0.1, -0.05) is 42.5 Å². The summed E-state index contributed by atoms with van der Waals surface area (Å²) in [7, 11) is -4.19. The zero-order valence-electron chi connectivity index (χ0n) is 21.6. The summed E-state index contributed by atoms with van der Waals surface area (Å²) in [6.07, 6.45) is 2.61. The minimum atomic E-state index is -4.19. The lowest BCUT2D eigenvalue weighted by atomic mass is 9.90. The standard InChI is InChI=1S/C29H27N3O7S/c33-32(34)24-9-5-4-8-23(24)27-30-28(40(35,36)22-10-11-25-26(19-22)38-17-16-37-25)29(39-27)31-14-12-21(13-15-31)18-20-6-2-1-3-7-20/h1-11,19,21H,12-18H2. The van der Waals surface area contributed by atoms with Crippen molar-refractivity contribution < 1.29 is 27.2 Å². The van der Waals surface area contributed by atoms with Crippen LogP contribution in [0.5, 0.6) is 11.5 Å². The third-order valence-electron chi connectivity index (χ3n) is 7.26. The number of aromatic nitrogens is 1. The van der Waals surface area contributed by atoms with Crippen LogP contribution in [0.15, 0.2) is 87.1 Å². The number of nitro benzene ring substituents is 1. The number of hydrogen-bond donors (Lipinski definition) is 0. The molecule has 3 aromatic carbocycles. The number of nitro groups is 1. The molecule has 1 aromatic heterocycles. The summed E-state index contributed by atoms with van der Waals surface area (Å²) in [5.41, 5.74) is 1.15. The van der Waals surface area contributed by atoms with Crippen molar-refractivity contribution in [1.82, 2.24) is 4.98 Å². The number of para-hydroxylation sites is 1. The Morgan fingerprint density at radius 1 is 0.925 bits per heavy atom. The van der Waals surface area contributed by atoms with Gasteiger partial charge in [0, 0.05) is 25.2 Å². The van der Waals surface area contributed by atoms with Crippen LogP contribution in [-0.2, 0) is 16.3 Å². The molecule has 40 heavy (non-hydrogen) atoms. The second-order valence-corrected chi connectivity index (χ2v) is 11.7. The van der Waals surface area contributed by atoms with E-state index in [2.05, 4.69) is 17.1 Å². The molecule has 6 rings (SSSR count). The van der Waals surface area contributed by atoms with Gasteiger partial charge in [0.25, 0.3) is 5.69 Å². The van der Waals surface area contributed by atoms with Crippen LogP contribution in [0.3, 0.4) is 0 Å². The average molecular weight is 562 g/mol. The van der Waals surface area contributed by atoms with E-state index in [1.165, 1.54) is 35.9 Å². The zero-order chi connectivity index (χ0) is 27.7. The summed E-state index contributed by atoms with van der Waals surface area (Å²) < 4.78 is 45.2. The van der Waals surface area contributed by atoms with E-state index in [0.717, 1.165) is 19.3 Å². The van der Waals surface area contributed by atoms with Crippen molar-refractivity contribution in [3.63, 3.8) is 0 Å². The summed E-state index contributed by atoms with van der Waals surface area (Å²) in [5.74, 6) is 1.20. The minimum absolute atomic E-state index is 0.0284. The molecule has 0 atom stereocenters. The Hall–Kier alpha value is -4.38. The Bertz CT molecular complexity index is 1650. The van der Waals surface area contributed by atoms with Gasteiger partial charge in [0.1, 0.15) is 18.8 Å². The number of oxazole rings is 1. The Balaban J connectivity index is 1.37. The topological polar surface area (TPSA) is 125 Å². The highest BCUT2D eigenvalue weighted by molar-refractivity contribution is 7.91. The number of benzene rings is 3. The van der Waals surface area contributed by atoms with Crippen molar-refractivity contribution in [2.75, 3.05) is 31.2 Å². The Kier molecular flexibility index (Phi) is 6.89. The van der Waals surface area contributed by atoms with E-state index < -0.39 is 14.8 Å². The van der Waals surface area contributed by atoms with Gasteiger partial charge < -0.3 is 18.8 Å². The first-order valence-electron chi connectivity index (χ1n) is 13.1. The van der Waals surface area contributed by atoms with Crippen LogP contribution < -0.4 is 14.4 Å². The van der Waals surface area contributed by atoms with Crippen LogP contribution in [0.1, 0.15) is 18.4 Å². The SMILES string of the molecule is O=[N+]([O-])c1ccccc1-c1nc(S(=O)(=O)c2ccc3c(c2)OCCO3)c(N2CCC(Cc3ccccc3)CC2)o1. The first-order chi connectivity index (χ1) is 19.4. The molecule has 0 N–H and O–H groups in total. The van der Waals surface area contributed by atoms with E-state index in [1.54, 1.807) is 12.1 Å². The van der Waals surface area contributed by atoms with Crippen molar-refractivity contribution >= 4 is 21.4 Å². The van der Waals surface area contributed by atoms with Crippen molar-refractivity contribution in [3.8, 4) is 23.0 Å². The molecular weight excluding hydrogens is 534 g/mol. The average Bonchev–Trinajstić information content (AvgIpc) is 3.44. The molecule has 11 heteroatoms. The molecule has 3 heterocycles. The number of anilines is 1. The van der Waals surface area contributed by atoms with Gasteiger partial charge in [0.15, 0.2) is 11.5 Å². The molecule has 1 fully saturated rings. The first-order valence-corrected chi connectivity index (χ1v) is 14.6. The molecule has 2 aliphatic rings. The first kappa shape index (κ1) is 25.9. The van der Waals surface area contributed by atoms with Gasteiger partial charge in [-0.15, -0.1) is 0 Å². The van der Waals surface area contributed by atoms with Gasteiger partial charge in [-0.2, -0.15) is 4.98 Å². The van der Waals surface area contributed by atoms with Gasteiger partial charge >= 0.3 is 0 Å². The summed E-state index contributed by atoms with van der Waals surface area (Å²) in [6.45, 7) is 1.82. The minimum Gasteiger partial charge on any atom is -0.486 e. The van der Waals surface area contributed by atoms with Crippen LogP contribution in [0.4, 0.5) is 11.6 Å². The number of sulfone groups is 1. The summed E-state index contributed by atoms with van der Waals surface area (Å²) in [6, 6.07) is 20.7. The van der Waals surface area contributed by atoms with E-state index in [0.29, 0.717) is 43.7 Å². The molecule has 0 spiro atoms. The van der Waals surface area contributed by atoms with Crippen LogP contribution in [0, 0.1) is 16.0 Å². The number of fused-ring (bicyclic) bond motifs is 1. The van der Waals surface area contributed by atoms with Gasteiger partial charge in [-0.25, -0.2) is 8.42 Å². The summed E-state index contributed by atoms with van der Waals surface area (Å²) >= 11 is 0. The predicted octanol–water partition coefficient (Wildman–Crippen LogP) is 5.31. The lowest BCUT2D eigenvalue weighted by Gasteiger charge is -2.32. The fourth-order valence-corrected chi connectivity index (χ4v) is 6.53. The number of piperidine rings is 1. The summed E-state index contributed by atoms with van der Waals surface area (Å²) in [5, 5.41) is 11.4. The fraction of sp³-hybridized carbons (Fsp3) is 0.276. The van der Waals surface area contributed by atoms with Crippen LogP contribution in [-0.4, -0.2) is 44.6 Å². The molecule has 0 aliphatic carbocycles. The fourth-order valence-electron chi connectivity index (χ4n) is 5.19. The molecule has 206 valence electrons. The highest BCUT2D eigenvalue weighted by Crippen LogP contribution is 2.41. The molecule has 2 aliphatic heterocycles. The quantitative estimate of drug-likeness (QED) is 0.218. The van der Waals surface area contributed by atoms with Crippen molar-refractivity contribution in [1.29, 1.82) is 0 Å². The van der Waals surface area contributed by atoms with E-state index in [4.69, 9.17) is 13.9 Å². The molecule has 0 radical (unpaired) electrons. The lowest BCUT2D eigenvalue weighted by Crippen LogP contribution is -2.34. The predicted molar refractivity (Wildman–Crippen MR) is 147 cm³/mol. The van der Waals surface area contributed by atoms with Gasteiger partial charge in [-0.3, -0.25) is 10.1 Å². The zero-order valence-corrected chi connectivity index (χ0v) is 22.4. The maximum atomic E-state index is 14.0. The second kappa shape index (κ2) is 10.6. The Morgan fingerprint density at radius 3 is 2.38 bits per heavy atom. The van der Waals surface area contributed by atoms with Crippen molar-refractivity contribution in [2.45, 2.75) is 29.2 Å². The molecule has 0 bridgehead atoms. The van der Waals surface area contributed by atoms with Crippen molar-refractivity contribution in [3.05, 3.63) is 88.5 Å². The number of nitrogens with zero attached hydrogens (tertiary/aromatic N) is 3. The van der Waals surface area contributed by atoms with E-state index in [9.17, 15) is 18.5 Å². The third-order valence-corrected chi connectivity index (χ3v) is 8.91. The lowest BCUT2D eigenvalue weighted by molar-refractivity contribution is -0.384. The molecule has 10 nitrogen and oxygen atoms in total. The monoisotopic (exact) mass is 561 g/mol. The van der Waals surface area contributed by atoms with Crippen LogP contribution in [0.2, 0.25) is 0 Å². The summed E-state index contributed by atoms with van der Waals surface area (Å²) in [4.78, 5) is 17.4. The maximum Gasteiger partial charge on any atom is 0.282 e. The van der Waals surface area contributed by atoms with Crippen LogP contribution in [0.25, 0.3) is 11.5 Å². The van der Waals surface area contributed by atoms with Gasteiger partial charge in [0.05, 0.1) is 9.82 Å². The largest absolute Gasteiger partial charge is 0.486 e. The Labute approximate surface area is 231 Å². The van der Waals surface area contributed by atoms with Gasteiger partial charge in [0.2, 0.25) is 26.6 Å². The highest BCUT2D eigenvalue weighted by Gasteiger charge is 2.35. The van der Waals surface area contributed by atoms with E-state index in [-0.39, 0.29) is 32.9 Å². The normalized spacial score (nSPS) is 15.7. The van der Waals surface area contributed by atoms with E-state index >= 15 is 0 Å². The maximum absolute atomic E-state index is 14.0. The number of ether oxygens (including phenoxy) is 2. The smallest absolute Gasteiger partial charge is 0.282 e. The third kappa shape index (κ3) is 5.00. The second-order valence-electron chi connectivity index (χ2n) is 9.83. The molecule has 4 aromatic rings.